The molecule has 0 amide bonds. The van der Waals surface area contributed by atoms with Crippen molar-refractivity contribution >= 4 is 5.97 Å². The highest BCUT2D eigenvalue weighted by atomic mass is 19.4. The van der Waals surface area contributed by atoms with Gasteiger partial charge in [-0.1, -0.05) is 6.07 Å². The maximum Gasteiger partial charge on any atom is 0.422 e. The van der Waals surface area contributed by atoms with E-state index in [2.05, 4.69) is 0 Å². The van der Waals surface area contributed by atoms with Crippen LogP contribution < -0.4 is 9.47 Å². The lowest BCUT2D eigenvalue weighted by Gasteiger charge is -2.22. The minimum Gasteiger partial charge on any atom is -0.490 e. The Kier molecular flexibility index (Phi) is 6.68. The topological polar surface area (TPSA) is 59.0 Å². The predicted octanol–water partition coefficient (Wildman–Crippen LogP) is 2.93. The molecule has 1 aromatic rings. The summed E-state index contributed by atoms with van der Waals surface area (Å²) in [5.74, 6) is -0.754. The number of alkyl halides is 3. The average Bonchev–Trinajstić information content (AvgIpc) is 2.44. The van der Waals surface area contributed by atoms with Crippen LogP contribution in [0.4, 0.5) is 13.2 Å². The molecule has 1 N–H and O–H groups in total. The van der Waals surface area contributed by atoms with Crippen LogP contribution >= 0.6 is 0 Å². The van der Waals surface area contributed by atoms with E-state index in [0.717, 1.165) is 0 Å². The molecule has 1 unspecified atom stereocenters. The molecule has 23 heavy (non-hydrogen) atoms. The summed E-state index contributed by atoms with van der Waals surface area (Å²) in [5.41, 5.74) is 0.711. The molecule has 0 heterocycles. The Morgan fingerprint density at radius 1 is 1.30 bits per heavy atom. The Bertz CT molecular complexity index is 534. The van der Waals surface area contributed by atoms with Crippen LogP contribution in [0.1, 0.15) is 19.4 Å². The van der Waals surface area contributed by atoms with E-state index in [4.69, 9.17) is 14.6 Å². The number of rotatable bonds is 8. The van der Waals surface area contributed by atoms with Crippen LogP contribution in [-0.4, -0.2) is 48.5 Å². The summed E-state index contributed by atoms with van der Waals surface area (Å²) < 4.78 is 46.8. The SMILES string of the molecule is CCOc1cc(CN(C)C(C)C(=O)O)ccc1OCC(F)(F)F. The van der Waals surface area contributed by atoms with Crippen LogP contribution in [0.3, 0.4) is 0 Å². The van der Waals surface area contributed by atoms with E-state index in [1.165, 1.54) is 6.07 Å². The molecule has 0 radical (unpaired) electrons. The molecule has 130 valence electrons. The molecule has 0 fully saturated rings. The molecule has 0 aliphatic rings. The van der Waals surface area contributed by atoms with Gasteiger partial charge in [0.2, 0.25) is 0 Å². The second-order valence-electron chi connectivity index (χ2n) is 5.05. The molecule has 8 heteroatoms. The first-order valence-corrected chi connectivity index (χ1v) is 7.02. The number of likely N-dealkylation sites (N-methyl/N-ethyl adjacent to an activating group) is 1. The van der Waals surface area contributed by atoms with Crippen molar-refractivity contribution in [3.63, 3.8) is 0 Å². The van der Waals surface area contributed by atoms with Gasteiger partial charge in [-0.2, -0.15) is 13.2 Å². The number of carbonyl (C=O) groups is 1. The summed E-state index contributed by atoms with van der Waals surface area (Å²) in [6, 6.07) is 3.84. The summed E-state index contributed by atoms with van der Waals surface area (Å²) >= 11 is 0. The largest absolute Gasteiger partial charge is 0.490 e. The highest BCUT2D eigenvalue weighted by molar-refractivity contribution is 5.72. The number of halogens is 3. The highest BCUT2D eigenvalue weighted by Crippen LogP contribution is 2.30. The van der Waals surface area contributed by atoms with Gasteiger partial charge in [0.25, 0.3) is 0 Å². The minimum atomic E-state index is -4.43. The molecule has 0 aliphatic heterocycles. The Labute approximate surface area is 132 Å². The second kappa shape index (κ2) is 8.05. The number of hydrogen-bond acceptors (Lipinski definition) is 4. The molecule has 0 saturated heterocycles. The standard InChI is InChI=1S/C15H20F3NO4/c1-4-22-13-7-11(8-19(3)10(2)14(20)21)5-6-12(13)23-9-15(16,17)18/h5-7,10H,4,8-9H2,1-3H3,(H,20,21). The van der Waals surface area contributed by atoms with Crippen molar-refractivity contribution in [2.24, 2.45) is 0 Å². The molecule has 0 aliphatic carbocycles. The lowest BCUT2D eigenvalue weighted by molar-refractivity contribution is -0.153. The van der Waals surface area contributed by atoms with Crippen LogP contribution in [0.5, 0.6) is 11.5 Å². The zero-order chi connectivity index (χ0) is 17.6. The fraction of sp³-hybridized carbons (Fsp3) is 0.533. The van der Waals surface area contributed by atoms with E-state index in [1.54, 1.807) is 37.9 Å². The Morgan fingerprint density at radius 2 is 1.96 bits per heavy atom. The Hall–Kier alpha value is -1.96. The summed E-state index contributed by atoms with van der Waals surface area (Å²) in [7, 11) is 1.65. The predicted molar refractivity (Wildman–Crippen MR) is 77.7 cm³/mol. The fourth-order valence-corrected chi connectivity index (χ4v) is 1.81. The van der Waals surface area contributed by atoms with Gasteiger partial charge in [0, 0.05) is 6.54 Å². The highest BCUT2D eigenvalue weighted by Gasteiger charge is 2.29. The lowest BCUT2D eigenvalue weighted by atomic mass is 10.1. The average molecular weight is 335 g/mol. The summed E-state index contributed by atoms with van der Waals surface area (Å²) in [5, 5.41) is 8.97. The zero-order valence-electron chi connectivity index (χ0n) is 13.2. The number of nitrogens with zero attached hydrogens (tertiary/aromatic N) is 1. The van der Waals surface area contributed by atoms with E-state index in [1.807, 2.05) is 0 Å². The van der Waals surface area contributed by atoms with E-state index in [9.17, 15) is 18.0 Å². The van der Waals surface area contributed by atoms with Gasteiger partial charge in [-0.15, -0.1) is 0 Å². The van der Waals surface area contributed by atoms with Crippen molar-refractivity contribution in [3.8, 4) is 11.5 Å². The van der Waals surface area contributed by atoms with Gasteiger partial charge in [0.15, 0.2) is 18.1 Å². The molecule has 1 atom stereocenters. The van der Waals surface area contributed by atoms with Crippen molar-refractivity contribution < 1.29 is 32.5 Å². The van der Waals surface area contributed by atoms with Crippen LogP contribution in [0.15, 0.2) is 18.2 Å². The monoisotopic (exact) mass is 335 g/mol. The molecule has 0 saturated carbocycles. The Balaban J connectivity index is 2.88. The maximum absolute atomic E-state index is 12.2. The van der Waals surface area contributed by atoms with Crippen LogP contribution in [0, 0.1) is 0 Å². The minimum absolute atomic E-state index is 0.00172. The molecule has 1 rings (SSSR count). The molecule has 0 aromatic heterocycles. The van der Waals surface area contributed by atoms with E-state index < -0.39 is 24.8 Å². The second-order valence-corrected chi connectivity index (χ2v) is 5.05. The first-order chi connectivity index (χ1) is 10.6. The number of ether oxygens (including phenoxy) is 2. The van der Waals surface area contributed by atoms with Crippen molar-refractivity contribution in [3.05, 3.63) is 23.8 Å². The number of carboxylic acids is 1. The quantitative estimate of drug-likeness (QED) is 0.791. The summed E-state index contributed by atoms with van der Waals surface area (Å²) in [6.07, 6.45) is -4.43. The molecular formula is C15H20F3NO4. The number of carboxylic acid groups (broad SMARTS) is 1. The van der Waals surface area contributed by atoms with Gasteiger partial charge < -0.3 is 14.6 Å². The maximum atomic E-state index is 12.2. The van der Waals surface area contributed by atoms with Crippen LogP contribution in [0.2, 0.25) is 0 Å². The van der Waals surface area contributed by atoms with Gasteiger partial charge in [0.05, 0.1) is 6.61 Å². The first-order valence-electron chi connectivity index (χ1n) is 7.02. The zero-order valence-corrected chi connectivity index (χ0v) is 13.2. The van der Waals surface area contributed by atoms with Crippen molar-refractivity contribution in [2.45, 2.75) is 32.6 Å². The molecule has 0 spiro atoms. The third-order valence-corrected chi connectivity index (χ3v) is 3.15. The molecule has 0 bridgehead atoms. The van der Waals surface area contributed by atoms with E-state index in [0.29, 0.717) is 12.1 Å². The number of aliphatic carboxylic acids is 1. The van der Waals surface area contributed by atoms with Crippen LogP contribution in [-0.2, 0) is 11.3 Å². The Morgan fingerprint density at radius 3 is 2.48 bits per heavy atom. The number of benzene rings is 1. The van der Waals surface area contributed by atoms with Gasteiger partial charge in [-0.25, -0.2) is 0 Å². The first kappa shape index (κ1) is 19.1. The van der Waals surface area contributed by atoms with E-state index in [-0.39, 0.29) is 18.1 Å². The van der Waals surface area contributed by atoms with Crippen molar-refractivity contribution in [1.82, 2.24) is 4.90 Å². The normalized spacial score (nSPS) is 13.0. The van der Waals surface area contributed by atoms with Crippen molar-refractivity contribution in [2.75, 3.05) is 20.3 Å². The molecule has 5 nitrogen and oxygen atoms in total. The fourth-order valence-electron chi connectivity index (χ4n) is 1.81. The smallest absolute Gasteiger partial charge is 0.422 e. The summed E-state index contributed by atoms with van der Waals surface area (Å²) in [4.78, 5) is 12.5. The van der Waals surface area contributed by atoms with Crippen molar-refractivity contribution in [1.29, 1.82) is 0 Å². The van der Waals surface area contributed by atoms with Gasteiger partial charge >= 0.3 is 12.1 Å². The third kappa shape index (κ3) is 6.35. The van der Waals surface area contributed by atoms with Gasteiger partial charge in [-0.05, 0) is 38.6 Å². The van der Waals surface area contributed by atoms with Gasteiger partial charge in [-0.3, -0.25) is 9.69 Å². The van der Waals surface area contributed by atoms with Gasteiger partial charge in [0.1, 0.15) is 6.04 Å². The van der Waals surface area contributed by atoms with E-state index >= 15 is 0 Å². The number of hydrogen-bond donors (Lipinski definition) is 1. The lowest BCUT2D eigenvalue weighted by Crippen LogP contribution is -2.35. The molecule has 1 aromatic carbocycles. The third-order valence-electron chi connectivity index (χ3n) is 3.15. The molecular weight excluding hydrogens is 315 g/mol. The summed E-state index contributed by atoms with van der Waals surface area (Å²) in [6.45, 7) is 2.44. The van der Waals surface area contributed by atoms with Crippen LogP contribution in [0.25, 0.3) is 0 Å².